The van der Waals surface area contributed by atoms with Gasteiger partial charge in [-0.25, -0.2) is 0 Å². The molecule has 1 saturated carbocycles. The summed E-state index contributed by atoms with van der Waals surface area (Å²) in [6.45, 7) is 10.8. The monoisotopic (exact) mass is 224 g/mol. The zero-order valence-corrected chi connectivity index (χ0v) is 11.2. The second-order valence-electron chi connectivity index (χ2n) is 6.19. The predicted octanol–water partition coefficient (Wildman–Crippen LogP) is 2.49. The summed E-state index contributed by atoms with van der Waals surface area (Å²) in [5.41, 5.74) is 0. The molecule has 0 aromatic heterocycles. The van der Waals surface area contributed by atoms with E-state index in [1.807, 2.05) is 0 Å². The van der Waals surface area contributed by atoms with Crippen LogP contribution in [0.5, 0.6) is 0 Å². The maximum atomic E-state index is 3.82. The highest BCUT2D eigenvalue weighted by Crippen LogP contribution is 2.25. The normalized spacial score (nSPS) is 33.0. The summed E-state index contributed by atoms with van der Waals surface area (Å²) in [5, 5.41) is 3.82. The summed E-state index contributed by atoms with van der Waals surface area (Å²) in [6.07, 6.45) is 5.85. The fourth-order valence-corrected chi connectivity index (χ4v) is 3.22. The van der Waals surface area contributed by atoms with Crippen molar-refractivity contribution in [3.63, 3.8) is 0 Å². The van der Waals surface area contributed by atoms with Gasteiger partial charge in [-0.15, -0.1) is 0 Å². The lowest BCUT2D eigenvalue weighted by Gasteiger charge is -2.21. The van der Waals surface area contributed by atoms with E-state index in [2.05, 4.69) is 31.0 Å². The van der Waals surface area contributed by atoms with Crippen molar-refractivity contribution in [2.75, 3.05) is 19.6 Å². The van der Waals surface area contributed by atoms with E-state index in [0.717, 1.165) is 17.9 Å². The standard InChI is InChI=1S/C14H28N2/c1-11(2)16-9-12(3)14(10-16)15-8-13-6-4-5-7-13/h11-15H,4-10H2,1-3H3. The Morgan fingerprint density at radius 3 is 2.44 bits per heavy atom. The molecule has 1 heterocycles. The second-order valence-corrected chi connectivity index (χ2v) is 6.19. The van der Waals surface area contributed by atoms with E-state index in [0.29, 0.717) is 6.04 Å². The van der Waals surface area contributed by atoms with Crippen LogP contribution in [0.3, 0.4) is 0 Å². The Balaban J connectivity index is 1.72. The molecule has 16 heavy (non-hydrogen) atoms. The first kappa shape index (κ1) is 12.4. The summed E-state index contributed by atoms with van der Waals surface area (Å²) in [5.74, 6) is 1.80. The second kappa shape index (κ2) is 5.50. The van der Waals surface area contributed by atoms with Crippen LogP contribution in [0.15, 0.2) is 0 Å². The van der Waals surface area contributed by atoms with Crippen molar-refractivity contribution < 1.29 is 0 Å². The molecular weight excluding hydrogens is 196 g/mol. The Hall–Kier alpha value is -0.0800. The fraction of sp³-hybridized carbons (Fsp3) is 1.00. The number of nitrogens with one attached hydrogen (secondary N) is 1. The molecular formula is C14H28N2. The van der Waals surface area contributed by atoms with Crippen molar-refractivity contribution in [2.24, 2.45) is 11.8 Å². The summed E-state index contributed by atoms with van der Waals surface area (Å²) >= 11 is 0. The van der Waals surface area contributed by atoms with Crippen LogP contribution in [0.4, 0.5) is 0 Å². The molecule has 2 unspecified atom stereocenters. The minimum atomic E-state index is 0.709. The molecule has 0 amide bonds. The van der Waals surface area contributed by atoms with Gasteiger partial charge in [0.15, 0.2) is 0 Å². The van der Waals surface area contributed by atoms with E-state index in [1.165, 1.54) is 45.3 Å². The van der Waals surface area contributed by atoms with Crippen molar-refractivity contribution >= 4 is 0 Å². The van der Waals surface area contributed by atoms with E-state index < -0.39 is 0 Å². The summed E-state index contributed by atoms with van der Waals surface area (Å²) in [6, 6.07) is 1.45. The Morgan fingerprint density at radius 2 is 1.88 bits per heavy atom. The summed E-state index contributed by atoms with van der Waals surface area (Å²) in [7, 11) is 0. The van der Waals surface area contributed by atoms with Gasteiger partial charge >= 0.3 is 0 Å². The Morgan fingerprint density at radius 1 is 1.19 bits per heavy atom. The molecule has 0 radical (unpaired) electrons. The molecule has 1 N–H and O–H groups in total. The third kappa shape index (κ3) is 2.98. The number of likely N-dealkylation sites (tertiary alicyclic amines) is 1. The van der Waals surface area contributed by atoms with Crippen LogP contribution >= 0.6 is 0 Å². The van der Waals surface area contributed by atoms with Gasteiger partial charge in [0.25, 0.3) is 0 Å². The molecule has 1 saturated heterocycles. The van der Waals surface area contributed by atoms with Gasteiger partial charge in [0.2, 0.25) is 0 Å². The summed E-state index contributed by atoms with van der Waals surface area (Å²) < 4.78 is 0. The Labute approximate surface area is 101 Å². The van der Waals surface area contributed by atoms with Gasteiger partial charge in [-0.1, -0.05) is 19.8 Å². The van der Waals surface area contributed by atoms with Crippen molar-refractivity contribution in [3.05, 3.63) is 0 Å². The van der Waals surface area contributed by atoms with Crippen molar-refractivity contribution in [3.8, 4) is 0 Å². The minimum Gasteiger partial charge on any atom is -0.312 e. The van der Waals surface area contributed by atoms with Crippen molar-refractivity contribution in [1.29, 1.82) is 0 Å². The highest BCUT2D eigenvalue weighted by molar-refractivity contribution is 4.88. The lowest BCUT2D eigenvalue weighted by molar-refractivity contribution is 0.263. The smallest absolute Gasteiger partial charge is 0.0233 e. The highest BCUT2D eigenvalue weighted by atomic mass is 15.2. The average Bonchev–Trinajstić information content (AvgIpc) is 2.84. The molecule has 0 spiro atoms. The number of nitrogens with zero attached hydrogens (tertiary/aromatic N) is 1. The third-order valence-electron chi connectivity index (χ3n) is 4.51. The fourth-order valence-electron chi connectivity index (χ4n) is 3.22. The van der Waals surface area contributed by atoms with Crippen molar-refractivity contribution in [2.45, 2.75) is 58.5 Å². The van der Waals surface area contributed by atoms with Crippen LogP contribution in [-0.4, -0.2) is 36.6 Å². The van der Waals surface area contributed by atoms with E-state index in [1.54, 1.807) is 0 Å². The van der Waals surface area contributed by atoms with Gasteiger partial charge in [-0.3, -0.25) is 4.90 Å². The molecule has 2 atom stereocenters. The maximum absolute atomic E-state index is 3.82. The molecule has 0 aromatic carbocycles. The Bertz CT molecular complexity index is 209. The van der Waals surface area contributed by atoms with Gasteiger partial charge in [0.05, 0.1) is 0 Å². The van der Waals surface area contributed by atoms with Crippen LogP contribution < -0.4 is 5.32 Å². The third-order valence-corrected chi connectivity index (χ3v) is 4.51. The van der Waals surface area contributed by atoms with Crippen molar-refractivity contribution in [1.82, 2.24) is 10.2 Å². The summed E-state index contributed by atoms with van der Waals surface area (Å²) in [4.78, 5) is 2.61. The number of rotatable bonds is 4. The quantitative estimate of drug-likeness (QED) is 0.789. The van der Waals surface area contributed by atoms with Crippen LogP contribution in [-0.2, 0) is 0 Å². The molecule has 2 rings (SSSR count). The largest absolute Gasteiger partial charge is 0.312 e. The molecule has 2 aliphatic rings. The van der Waals surface area contributed by atoms with E-state index in [-0.39, 0.29) is 0 Å². The number of hydrogen-bond donors (Lipinski definition) is 1. The van der Waals surface area contributed by atoms with Crippen LogP contribution in [0.1, 0.15) is 46.5 Å². The van der Waals surface area contributed by atoms with Gasteiger partial charge in [0.1, 0.15) is 0 Å². The van der Waals surface area contributed by atoms with Crippen LogP contribution in [0.2, 0.25) is 0 Å². The maximum Gasteiger partial charge on any atom is 0.0233 e. The van der Waals surface area contributed by atoms with Gasteiger partial charge in [-0.2, -0.15) is 0 Å². The lowest BCUT2D eigenvalue weighted by atomic mass is 10.0. The van der Waals surface area contributed by atoms with Gasteiger partial charge in [-0.05, 0) is 45.1 Å². The lowest BCUT2D eigenvalue weighted by Crippen LogP contribution is -2.38. The molecule has 2 nitrogen and oxygen atoms in total. The SMILES string of the molecule is CC1CN(C(C)C)CC1NCC1CCCC1. The van der Waals surface area contributed by atoms with Gasteiger partial charge in [0, 0.05) is 25.2 Å². The molecule has 0 aromatic rings. The average molecular weight is 224 g/mol. The Kier molecular flexibility index (Phi) is 4.26. The molecule has 1 aliphatic carbocycles. The van der Waals surface area contributed by atoms with Gasteiger partial charge < -0.3 is 5.32 Å². The van der Waals surface area contributed by atoms with E-state index >= 15 is 0 Å². The number of hydrogen-bond acceptors (Lipinski definition) is 2. The molecule has 0 bridgehead atoms. The van der Waals surface area contributed by atoms with Crippen LogP contribution in [0.25, 0.3) is 0 Å². The predicted molar refractivity (Wildman–Crippen MR) is 69.6 cm³/mol. The molecule has 2 fully saturated rings. The minimum absolute atomic E-state index is 0.709. The first-order valence-corrected chi connectivity index (χ1v) is 7.14. The molecule has 1 aliphatic heterocycles. The zero-order chi connectivity index (χ0) is 11.5. The van der Waals surface area contributed by atoms with E-state index in [4.69, 9.17) is 0 Å². The topological polar surface area (TPSA) is 15.3 Å². The molecule has 2 heteroatoms. The van der Waals surface area contributed by atoms with Crippen LogP contribution in [0, 0.1) is 11.8 Å². The first-order valence-electron chi connectivity index (χ1n) is 7.14. The molecule has 94 valence electrons. The first-order chi connectivity index (χ1) is 7.66. The highest BCUT2D eigenvalue weighted by Gasteiger charge is 2.30. The zero-order valence-electron chi connectivity index (χ0n) is 11.2. The van der Waals surface area contributed by atoms with E-state index in [9.17, 15) is 0 Å².